The zero-order valence-corrected chi connectivity index (χ0v) is 16.2. The number of benzene rings is 1. The van der Waals surface area contributed by atoms with Crippen LogP contribution < -0.4 is 0 Å². The summed E-state index contributed by atoms with van der Waals surface area (Å²) in [6.07, 6.45) is 0. The number of rotatable bonds is 5. The van der Waals surface area contributed by atoms with E-state index >= 15 is 0 Å². The molecule has 0 unspecified atom stereocenters. The monoisotopic (exact) mass is 372 g/mol. The van der Waals surface area contributed by atoms with E-state index in [4.69, 9.17) is 0 Å². The number of amides is 3. The van der Waals surface area contributed by atoms with Crippen molar-refractivity contribution in [2.45, 2.75) is 20.4 Å². The van der Waals surface area contributed by atoms with E-state index in [1.165, 1.54) is 0 Å². The Balaban J connectivity index is 1.58. The minimum absolute atomic E-state index is 0.0557. The highest BCUT2D eigenvalue weighted by Gasteiger charge is 2.31. The zero-order valence-electron chi connectivity index (χ0n) is 16.2. The quantitative estimate of drug-likeness (QED) is 0.712. The molecular weight excluding hydrogens is 344 g/mol. The van der Waals surface area contributed by atoms with Crippen molar-refractivity contribution < 1.29 is 14.4 Å². The van der Waals surface area contributed by atoms with E-state index < -0.39 is 11.8 Å². The Kier molecular flexibility index (Phi) is 6.11. The molecule has 2 fully saturated rings. The SMILES string of the molecule is CCN1CCN(C(=O)c2ccc(CN3CCN(CC)C(=O)C3=O)cc2)CC1. The predicted molar refractivity (Wildman–Crippen MR) is 102 cm³/mol. The van der Waals surface area contributed by atoms with Gasteiger partial charge in [-0.25, -0.2) is 0 Å². The second-order valence-electron chi connectivity index (χ2n) is 7.03. The molecule has 7 heteroatoms. The highest BCUT2D eigenvalue weighted by atomic mass is 16.2. The lowest BCUT2D eigenvalue weighted by molar-refractivity contribution is -0.156. The Bertz CT molecular complexity index is 696. The van der Waals surface area contributed by atoms with E-state index in [1.807, 2.05) is 36.1 Å². The van der Waals surface area contributed by atoms with Gasteiger partial charge in [0.2, 0.25) is 0 Å². The van der Waals surface area contributed by atoms with Crippen LogP contribution in [0, 0.1) is 0 Å². The van der Waals surface area contributed by atoms with Gasteiger partial charge in [0.1, 0.15) is 0 Å². The van der Waals surface area contributed by atoms with Crippen molar-refractivity contribution in [3.8, 4) is 0 Å². The molecule has 3 rings (SSSR count). The number of carbonyl (C=O) groups is 3. The minimum atomic E-state index is -0.447. The molecule has 0 saturated carbocycles. The summed E-state index contributed by atoms with van der Waals surface area (Å²) < 4.78 is 0. The maximum Gasteiger partial charge on any atom is 0.312 e. The van der Waals surface area contributed by atoms with Crippen molar-refractivity contribution in [3.63, 3.8) is 0 Å². The third-order valence-electron chi connectivity index (χ3n) is 5.46. The fourth-order valence-electron chi connectivity index (χ4n) is 3.59. The first-order valence-corrected chi connectivity index (χ1v) is 9.72. The van der Waals surface area contributed by atoms with Gasteiger partial charge in [-0.1, -0.05) is 19.1 Å². The topological polar surface area (TPSA) is 64.2 Å². The van der Waals surface area contributed by atoms with E-state index in [2.05, 4.69) is 11.8 Å². The largest absolute Gasteiger partial charge is 0.336 e. The predicted octanol–water partition coefficient (Wildman–Crippen LogP) is 0.655. The van der Waals surface area contributed by atoms with Crippen molar-refractivity contribution in [2.24, 2.45) is 0 Å². The Morgan fingerprint density at radius 2 is 1.41 bits per heavy atom. The van der Waals surface area contributed by atoms with Crippen LogP contribution in [-0.2, 0) is 16.1 Å². The van der Waals surface area contributed by atoms with Gasteiger partial charge in [0.15, 0.2) is 0 Å². The summed E-state index contributed by atoms with van der Waals surface area (Å²) in [6.45, 7) is 10.4. The number of carbonyl (C=O) groups excluding carboxylic acids is 3. The van der Waals surface area contributed by atoms with Crippen molar-refractivity contribution in [1.82, 2.24) is 19.6 Å². The molecule has 2 heterocycles. The molecule has 0 bridgehead atoms. The average molecular weight is 372 g/mol. The van der Waals surface area contributed by atoms with Gasteiger partial charge in [0.05, 0.1) is 0 Å². The molecule has 0 spiro atoms. The van der Waals surface area contributed by atoms with Gasteiger partial charge >= 0.3 is 11.8 Å². The second-order valence-corrected chi connectivity index (χ2v) is 7.03. The van der Waals surface area contributed by atoms with Crippen LogP contribution in [0.25, 0.3) is 0 Å². The van der Waals surface area contributed by atoms with Crippen LogP contribution >= 0.6 is 0 Å². The first-order chi connectivity index (χ1) is 13.0. The van der Waals surface area contributed by atoms with Crippen LogP contribution in [0.2, 0.25) is 0 Å². The molecular formula is C20H28N4O3. The van der Waals surface area contributed by atoms with E-state index in [9.17, 15) is 14.4 Å². The maximum absolute atomic E-state index is 12.7. The Morgan fingerprint density at radius 1 is 0.815 bits per heavy atom. The number of piperazine rings is 2. The van der Waals surface area contributed by atoms with Gasteiger partial charge in [-0.3, -0.25) is 14.4 Å². The molecule has 0 aromatic heterocycles. The van der Waals surface area contributed by atoms with Crippen LogP contribution in [-0.4, -0.2) is 89.7 Å². The maximum atomic E-state index is 12.7. The summed E-state index contributed by atoms with van der Waals surface area (Å²) in [4.78, 5) is 44.2. The summed E-state index contributed by atoms with van der Waals surface area (Å²) in [5.41, 5.74) is 1.59. The van der Waals surface area contributed by atoms with E-state index in [0.29, 0.717) is 31.7 Å². The lowest BCUT2D eigenvalue weighted by Gasteiger charge is -2.34. The molecule has 2 aliphatic heterocycles. The summed E-state index contributed by atoms with van der Waals surface area (Å²) in [6, 6.07) is 7.38. The fourth-order valence-corrected chi connectivity index (χ4v) is 3.59. The Morgan fingerprint density at radius 3 is 2.00 bits per heavy atom. The fraction of sp³-hybridized carbons (Fsp3) is 0.550. The summed E-state index contributed by atoms with van der Waals surface area (Å²) in [7, 11) is 0. The molecule has 0 N–H and O–H groups in total. The first kappa shape index (κ1) is 19.4. The highest BCUT2D eigenvalue weighted by molar-refractivity contribution is 6.35. The molecule has 0 atom stereocenters. The molecule has 1 aromatic rings. The molecule has 2 aliphatic rings. The number of hydrogen-bond donors (Lipinski definition) is 0. The summed E-state index contributed by atoms with van der Waals surface area (Å²) in [5.74, 6) is -0.820. The highest BCUT2D eigenvalue weighted by Crippen LogP contribution is 2.14. The van der Waals surface area contributed by atoms with E-state index in [-0.39, 0.29) is 5.91 Å². The standard InChI is InChI=1S/C20H28N4O3/c1-3-21-9-11-23(12-10-21)18(25)17-7-5-16(6-8-17)15-24-14-13-22(4-2)19(26)20(24)27/h5-8H,3-4,9-15H2,1-2H3. The molecule has 0 aliphatic carbocycles. The number of hydrogen-bond acceptors (Lipinski definition) is 4. The first-order valence-electron chi connectivity index (χ1n) is 9.72. The van der Waals surface area contributed by atoms with E-state index in [1.54, 1.807) is 9.80 Å². The molecule has 3 amide bonds. The zero-order chi connectivity index (χ0) is 19.4. The van der Waals surface area contributed by atoms with Gasteiger partial charge in [-0.05, 0) is 31.2 Å². The van der Waals surface area contributed by atoms with Crippen LogP contribution in [0.4, 0.5) is 0 Å². The van der Waals surface area contributed by atoms with Crippen LogP contribution in [0.3, 0.4) is 0 Å². The van der Waals surface area contributed by atoms with Crippen molar-refractivity contribution in [3.05, 3.63) is 35.4 Å². The van der Waals surface area contributed by atoms with E-state index in [0.717, 1.165) is 38.3 Å². The number of nitrogens with zero attached hydrogens (tertiary/aromatic N) is 4. The minimum Gasteiger partial charge on any atom is -0.336 e. The van der Waals surface area contributed by atoms with Gasteiger partial charge in [-0.15, -0.1) is 0 Å². The normalized spacial score (nSPS) is 19.0. The smallest absolute Gasteiger partial charge is 0.312 e. The summed E-state index contributed by atoms with van der Waals surface area (Å²) >= 11 is 0. The van der Waals surface area contributed by atoms with Crippen LogP contribution in [0.5, 0.6) is 0 Å². The number of likely N-dealkylation sites (N-methyl/N-ethyl adjacent to an activating group) is 2. The summed E-state index contributed by atoms with van der Waals surface area (Å²) in [5, 5.41) is 0. The molecule has 27 heavy (non-hydrogen) atoms. The molecule has 146 valence electrons. The Labute approximate surface area is 160 Å². The van der Waals surface area contributed by atoms with Gasteiger partial charge in [0.25, 0.3) is 5.91 Å². The molecule has 7 nitrogen and oxygen atoms in total. The van der Waals surface area contributed by atoms with Crippen molar-refractivity contribution >= 4 is 17.7 Å². The molecule has 0 radical (unpaired) electrons. The van der Waals surface area contributed by atoms with Crippen molar-refractivity contribution in [1.29, 1.82) is 0 Å². The second kappa shape index (κ2) is 8.52. The van der Waals surface area contributed by atoms with Crippen LogP contribution in [0.1, 0.15) is 29.8 Å². The lowest BCUT2D eigenvalue weighted by atomic mass is 10.1. The van der Waals surface area contributed by atoms with Crippen molar-refractivity contribution in [2.75, 3.05) is 52.4 Å². The third kappa shape index (κ3) is 4.30. The average Bonchev–Trinajstić information content (AvgIpc) is 2.72. The Hall–Kier alpha value is -2.41. The van der Waals surface area contributed by atoms with Gasteiger partial charge in [-0.2, -0.15) is 0 Å². The third-order valence-corrected chi connectivity index (χ3v) is 5.46. The lowest BCUT2D eigenvalue weighted by Crippen LogP contribution is -2.53. The molecule has 2 saturated heterocycles. The molecule has 1 aromatic carbocycles. The van der Waals surface area contributed by atoms with Gasteiger partial charge in [0, 0.05) is 57.9 Å². The van der Waals surface area contributed by atoms with Gasteiger partial charge < -0.3 is 19.6 Å². The van der Waals surface area contributed by atoms with Crippen LogP contribution in [0.15, 0.2) is 24.3 Å².